The van der Waals surface area contributed by atoms with E-state index in [0.717, 1.165) is 23.6 Å². The molecule has 0 atom stereocenters. The number of nitrogens with zero attached hydrogens (tertiary/aromatic N) is 1. The number of fused-ring (bicyclic) bond motifs is 1. The quantitative estimate of drug-likeness (QED) is 0.541. The van der Waals surface area contributed by atoms with E-state index in [0.29, 0.717) is 6.61 Å². The number of aryl methyl sites for hydroxylation is 1. The molecule has 1 heterocycles. The third kappa shape index (κ3) is 3.41. The molecule has 0 aliphatic heterocycles. The number of aromatic nitrogens is 2. The van der Waals surface area contributed by atoms with E-state index in [4.69, 9.17) is 4.74 Å². The second-order valence-corrected chi connectivity index (χ2v) is 6.26. The minimum atomic E-state index is 0.505. The Morgan fingerprint density at radius 3 is 2.36 bits per heavy atom. The number of ether oxygens (including phenoxy) is 1. The van der Waals surface area contributed by atoms with Crippen molar-refractivity contribution in [1.29, 1.82) is 0 Å². The number of aromatic amines is 1. The molecule has 1 N–H and O–H groups in total. The van der Waals surface area contributed by atoms with Crippen LogP contribution >= 0.6 is 0 Å². The molecule has 25 heavy (non-hydrogen) atoms. The molecule has 4 aromatic rings. The second kappa shape index (κ2) is 6.81. The van der Waals surface area contributed by atoms with Gasteiger partial charge in [0.1, 0.15) is 12.3 Å². The van der Waals surface area contributed by atoms with E-state index in [1.54, 1.807) is 0 Å². The van der Waals surface area contributed by atoms with E-state index in [9.17, 15) is 0 Å². The lowest BCUT2D eigenvalue weighted by molar-refractivity contribution is -0.671. The van der Waals surface area contributed by atoms with Crippen molar-refractivity contribution in [2.75, 3.05) is 0 Å². The fraction of sp³-hybridized carbons (Fsp3) is 0.136. The minimum absolute atomic E-state index is 0.505. The molecule has 3 nitrogen and oxygen atoms in total. The van der Waals surface area contributed by atoms with Crippen LogP contribution in [0.1, 0.15) is 17.0 Å². The van der Waals surface area contributed by atoms with Crippen molar-refractivity contribution in [1.82, 2.24) is 4.98 Å². The van der Waals surface area contributed by atoms with Crippen molar-refractivity contribution in [3.63, 3.8) is 0 Å². The van der Waals surface area contributed by atoms with E-state index in [1.807, 2.05) is 30.3 Å². The van der Waals surface area contributed by atoms with Crippen molar-refractivity contribution in [2.24, 2.45) is 0 Å². The Kier molecular flexibility index (Phi) is 4.21. The Balaban J connectivity index is 1.66. The summed E-state index contributed by atoms with van der Waals surface area (Å²) in [6, 6.07) is 27.0. The summed E-state index contributed by atoms with van der Waals surface area (Å²) in [5.41, 5.74) is 4.87. The molecule has 0 bridgehead atoms. The summed E-state index contributed by atoms with van der Waals surface area (Å²) in [6.07, 6.45) is 0. The van der Waals surface area contributed by atoms with Gasteiger partial charge in [0.25, 0.3) is 5.82 Å². The van der Waals surface area contributed by atoms with Crippen LogP contribution in [0.2, 0.25) is 0 Å². The van der Waals surface area contributed by atoms with Crippen LogP contribution in [0, 0.1) is 6.92 Å². The zero-order chi connectivity index (χ0) is 17.1. The van der Waals surface area contributed by atoms with Gasteiger partial charge in [0.05, 0.1) is 0 Å². The first-order valence-electron chi connectivity index (χ1n) is 8.52. The molecule has 3 heteroatoms. The highest BCUT2D eigenvalue weighted by molar-refractivity contribution is 5.71. The summed E-state index contributed by atoms with van der Waals surface area (Å²) in [4.78, 5) is 3.50. The number of nitrogens with one attached hydrogen (secondary N) is 1. The Bertz CT molecular complexity index is 972. The highest BCUT2D eigenvalue weighted by Gasteiger charge is 2.19. The molecular weight excluding hydrogens is 308 g/mol. The number of imidazole rings is 1. The van der Waals surface area contributed by atoms with Crippen LogP contribution in [0.3, 0.4) is 0 Å². The number of hydrogen-bond donors (Lipinski definition) is 1. The first-order valence-corrected chi connectivity index (χ1v) is 8.52. The molecular formula is C22H21N2O+. The SMILES string of the molecule is Cc1ccc(C[n+]2c(COc3ccccc3)[nH]c3ccccc32)cc1. The predicted molar refractivity (Wildman–Crippen MR) is 99.5 cm³/mol. The number of para-hydroxylation sites is 3. The smallest absolute Gasteiger partial charge is 0.294 e. The molecule has 1 aromatic heterocycles. The lowest BCUT2D eigenvalue weighted by atomic mass is 10.1. The fourth-order valence-corrected chi connectivity index (χ4v) is 3.02. The zero-order valence-electron chi connectivity index (χ0n) is 14.3. The molecule has 0 aliphatic carbocycles. The van der Waals surface area contributed by atoms with Crippen LogP contribution in [0.15, 0.2) is 78.9 Å². The number of hydrogen-bond acceptors (Lipinski definition) is 1. The number of rotatable bonds is 5. The summed E-state index contributed by atoms with van der Waals surface area (Å²) >= 11 is 0. The van der Waals surface area contributed by atoms with E-state index < -0.39 is 0 Å². The first kappa shape index (κ1) is 15.5. The van der Waals surface area contributed by atoms with Crippen LogP contribution in [-0.4, -0.2) is 4.98 Å². The summed E-state index contributed by atoms with van der Waals surface area (Å²) < 4.78 is 8.26. The summed E-state index contributed by atoms with van der Waals surface area (Å²) in [7, 11) is 0. The first-order chi connectivity index (χ1) is 12.3. The third-order valence-electron chi connectivity index (χ3n) is 4.38. The Labute approximate surface area is 147 Å². The Morgan fingerprint density at radius 1 is 0.840 bits per heavy atom. The van der Waals surface area contributed by atoms with Crippen LogP contribution in [-0.2, 0) is 13.2 Å². The van der Waals surface area contributed by atoms with Crippen LogP contribution in [0.5, 0.6) is 5.75 Å². The van der Waals surface area contributed by atoms with Gasteiger partial charge in [-0.3, -0.25) is 0 Å². The standard InChI is InChI=1S/C22H20N2O/c1-17-11-13-18(14-12-17)15-24-21-10-6-5-9-20(21)23-22(24)16-25-19-7-3-2-4-8-19/h2-14H,15-16H2,1H3/p+1. The van der Waals surface area contributed by atoms with Gasteiger partial charge >= 0.3 is 0 Å². The van der Waals surface area contributed by atoms with Crippen molar-refractivity contribution in [3.8, 4) is 5.75 Å². The molecule has 0 saturated heterocycles. The van der Waals surface area contributed by atoms with E-state index in [1.165, 1.54) is 16.6 Å². The van der Waals surface area contributed by atoms with Gasteiger partial charge in [-0.2, -0.15) is 0 Å². The van der Waals surface area contributed by atoms with Gasteiger partial charge in [-0.25, -0.2) is 9.55 Å². The molecule has 124 valence electrons. The van der Waals surface area contributed by atoms with Gasteiger partial charge in [0.2, 0.25) is 0 Å². The topological polar surface area (TPSA) is 28.9 Å². The summed E-state index contributed by atoms with van der Waals surface area (Å²) in [5, 5.41) is 0. The lowest BCUT2D eigenvalue weighted by Crippen LogP contribution is -2.38. The molecule has 0 unspecified atom stereocenters. The largest absolute Gasteiger partial charge is 0.481 e. The van der Waals surface area contributed by atoms with Crippen LogP contribution < -0.4 is 9.30 Å². The van der Waals surface area contributed by atoms with Crippen molar-refractivity contribution < 1.29 is 9.30 Å². The number of benzene rings is 3. The maximum atomic E-state index is 5.97. The second-order valence-electron chi connectivity index (χ2n) is 6.26. The average Bonchev–Trinajstić information content (AvgIpc) is 3.00. The summed E-state index contributed by atoms with van der Waals surface area (Å²) in [5.74, 6) is 1.94. The average molecular weight is 329 g/mol. The maximum absolute atomic E-state index is 5.97. The monoisotopic (exact) mass is 329 g/mol. The van der Waals surface area contributed by atoms with Crippen LogP contribution in [0.4, 0.5) is 0 Å². The Hall–Kier alpha value is -3.07. The highest BCUT2D eigenvalue weighted by atomic mass is 16.5. The predicted octanol–water partition coefficient (Wildman–Crippen LogP) is 4.39. The van der Waals surface area contributed by atoms with Gasteiger partial charge in [-0.05, 0) is 36.8 Å². The van der Waals surface area contributed by atoms with Crippen LogP contribution in [0.25, 0.3) is 11.0 Å². The normalized spacial score (nSPS) is 10.9. The Morgan fingerprint density at radius 2 is 1.56 bits per heavy atom. The zero-order valence-corrected chi connectivity index (χ0v) is 14.3. The van der Waals surface area contributed by atoms with Crippen molar-refractivity contribution in [2.45, 2.75) is 20.1 Å². The van der Waals surface area contributed by atoms with Gasteiger partial charge < -0.3 is 4.74 Å². The van der Waals surface area contributed by atoms with Crippen molar-refractivity contribution >= 4 is 11.0 Å². The molecule has 0 amide bonds. The molecule has 0 saturated carbocycles. The van der Waals surface area contributed by atoms with E-state index in [-0.39, 0.29) is 0 Å². The molecule has 0 fully saturated rings. The molecule has 0 aliphatic rings. The maximum Gasteiger partial charge on any atom is 0.294 e. The fourth-order valence-electron chi connectivity index (χ4n) is 3.02. The van der Waals surface area contributed by atoms with Gasteiger partial charge in [0.15, 0.2) is 17.6 Å². The van der Waals surface area contributed by atoms with E-state index >= 15 is 0 Å². The van der Waals surface area contributed by atoms with E-state index in [2.05, 4.69) is 65.0 Å². The molecule has 0 spiro atoms. The summed E-state index contributed by atoms with van der Waals surface area (Å²) in [6.45, 7) is 3.43. The number of H-pyrrole nitrogens is 1. The van der Waals surface area contributed by atoms with Gasteiger partial charge in [0, 0.05) is 0 Å². The molecule has 3 aromatic carbocycles. The minimum Gasteiger partial charge on any atom is -0.481 e. The van der Waals surface area contributed by atoms with Gasteiger partial charge in [-0.15, -0.1) is 0 Å². The molecule has 4 rings (SSSR count). The molecule has 0 radical (unpaired) electrons. The van der Waals surface area contributed by atoms with Gasteiger partial charge in [-0.1, -0.05) is 60.2 Å². The van der Waals surface area contributed by atoms with Crippen molar-refractivity contribution in [3.05, 3.63) is 95.8 Å². The highest BCUT2D eigenvalue weighted by Crippen LogP contribution is 2.14. The lowest BCUT2D eigenvalue weighted by Gasteiger charge is -2.06. The third-order valence-corrected chi connectivity index (χ3v) is 4.38.